The summed E-state index contributed by atoms with van der Waals surface area (Å²) < 4.78 is 0. The van der Waals surface area contributed by atoms with Crippen molar-refractivity contribution in [2.45, 2.75) is 20.3 Å². The first-order valence-electron chi connectivity index (χ1n) is 8.11. The van der Waals surface area contributed by atoms with E-state index in [2.05, 4.69) is 16.0 Å². The lowest BCUT2D eigenvalue weighted by Gasteiger charge is -2.10. The number of carbonyl (C=O) groups excluding carboxylic acids is 2. The summed E-state index contributed by atoms with van der Waals surface area (Å²) in [5.74, 6) is 0.125. The van der Waals surface area contributed by atoms with Gasteiger partial charge in [0.15, 0.2) is 0 Å². The molecule has 0 bridgehead atoms. The highest BCUT2D eigenvalue weighted by molar-refractivity contribution is 6.30. The number of anilines is 3. The van der Waals surface area contributed by atoms with Gasteiger partial charge in [-0.05, 0) is 48.4 Å². The maximum absolute atomic E-state index is 12.0. The first kappa shape index (κ1) is 18.8. The molecule has 25 heavy (non-hydrogen) atoms. The summed E-state index contributed by atoms with van der Waals surface area (Å²) in [6.07, 6.45) is 0.480. The molecule has 0 saturated heterocycles. The van der Waals surface area contributed by atoms with E-state index in [9.17, 15) is 9.59 Å². The molecule has 0 spiro atoms. The second-order valence-electron chi connectivity index (χ2n) is 6.14. The van der Waals surface area contributed by atoms with Gasteiger partial charge in [-0.3, -0.25) is 9.59 Å². The molecule has 132 valence electrons. The smallest absolute Gasteiger partial charge is 0.243 e. The van der Waals surface area contributed by atoms with Gasteiger partial charge >= 0.3 is 0 Å². The van der Waals surface area contributed by atoms with E-state index in [1.807, 2.05) is 26.0 Å². The maximum Gasteiger partial charge on any atom is 0.243 e. The number of hydrogen-bond acceptors (Lipinski definition) is 3. The molecule has 0 heterocycles. The van der Waals surface area contributed by atoms with Crippen LogP contribution >= 0.6 is 11.6 Å². The van der Waals surface area contributed by atoms with Crippen LogP contribution in [0.1, 0.15) is 20.3 Å². The van der Waals surface area contributed by atoms with Crippen LogP contribution in [0, 0.1) is 5.92 Å². The molecule has 0 unspecified atom stereocenters. The predicted molar refractivity (Wildman–Crippen MR) is 103 cm³/mol. The summed E-state index contributed by atoms with van der Waals surface area (Å²) in [5.41, 5.74) is 2.16. The molecule has 0 radical (unpaired) electrons. The fraction of sp³-hybridized carbons (Fsp3) is 0.263. The highest BCUT2D eigenvalue weighted by atomic mass is 35.5. The van der Waals surface area contributed by atoms with Gasteiger partial charge in [-0.2, -0.15) is 0 Å². The van der Waals surface area contributed by atoms with Crippen LogP contribution in [-0.2, 0) is 9.59 Å². The van der Waals surface area contributed by atoms with Crippen LogP contribution < -0.4 is 16.0 Å². The van der Waals surface area contributed by atoms with Crippen LogP contribution in [0.3, 0.4) is 0 Å². The number of benzene rings is 2. The fourth-order valence-corrected chi connectivity index (χ4v) is 2.40. The highest BCUT2D eigenvalue weighted by Crippen LogP contribution is 2.16. The van der Waals surface area contributed by atoms with Crippen molar-refractivity contribution < 1.29 is 9.59 Å². The van der Waals surface area contributed by atoms with Crippen LogP contribution in [0.25, 0.3) is 0 Å². The van der Waals surface area contributed by atoms with Crippen LogP contribution in [0.15, 0.2) is 48.5 Å². The standard InChI is InChI=1S/C19H22ClN3O2/c1-13(2)10-18(24)22-15-6-8-16(9-7-15)23-19(25)12-21-17-5-3-4-14(20)11-17/h3-9,11,13,21H,10,12H2,1-2H3,(H,22,24)(H,23,25). The SMILES string of the molecule is CC(C)CC(=O)Nc1ccc(NC(=O)CNc2cccc(Cl)c2)cc1. The van der Waals surface area contributed by atoms with Crippen molar-refractivity contribution in [3.05, 3.63) is 53.6 Å². The van der Waals surface area contributed by atoms with Gasteiger partial charge in [0.25, 0.3) is 0 Å². The summed E-state index contributed by atoms with van der Waals surface area (Å²) in [4.78, 5) is 23.7. The monoisotopic (exact) mass is 359 g/mol. The molecule has 0 atom stereocenters. The lowest BCUT2D eigenvalue weighted by atomic mass is 10.1. The predicted octanol–water partition coefficient (Wildman–Crippen LogP) is 4.38. The topological polar surface area (TPSA) is 70.2 Å². The number of carbonyl (C=O) groups is 2. The minimum atomic E-state index is -0.170. The van der Waals surface area contributed by atoms with Gasteiger partial charge in [-0.15, -0.1) is 0 Å². The molecular weight excluding hydrogens is 338 g/mol. The van der Waals surface area contributed by atoms with Crippen LogP contribution in [0.4, 0.5) is 17.1 Å². The zero-order valence-corrected chi connectivity index (χ0v) is 15.1. The van der Waals surface area contributed by atoms with Crippen LogP contribution in [-0.4, -0.2) is 18.4 Å². The lowest BCUT2D eigenvalue weighted by Crippen LogP contribution is -2.21. The van der Waals surface area contributed by atoms with Gasteiger partial charge < -0.3 is 16.0 Å². The number of amides is 2. The van der Waals surface area contributed by atoms with Gasteiger partial charge in [0.1, 0.15) is 0 Å². The largest absolute Gasteiger partial charge is 0.376 e. The van der Waals surface area contributed by atoms with Crippen LogP contribution in [0.2, 0.25) is 5.02 Å². The average Bonchev–Trinajstić information content (AvgIpc) is 2.54. The summed E-state index contributed by atoms with van der Waals surface area (Å²) in [5, 5.41) is 9.24. The molecular formula is C19H22ClN3O2. The third-order valence-corrected chi connectivity index (χ3v) is 3.56. The van der Waals surface area contributed by atoms with Gasteiger partial charge in [-0.1, -0.05) is 31.5 Å². The molecule has 0 aliphatic heterocycles. The molecule has 0 aromatic heterocycles. The van der Waals surface area contributed by atoms with E-state index in [-0.39, 0.29) is 18.4 Å². The van der Waals surface area contributed by atoms with E-state index < -0.39 is 0 Å². The minimum Gasteiger partial charge on any atom is -0.376 e. The Morgan fingerprint density at radius 2 is 1.52 bits per heavy atom. The number of rotatable bonds is 7. The Morgan fingerprint density at radius 3 is 2.08 bits per heavy atom. The van der Waals surface area contributed by atoms with Gasteiger partial charge in [0.05, 0.1) is 6.54 Å². The zero-order chi connectivity index (χ0) is 18.2. The van der Waals surface area contributed by atoms with E-state index in [0.29, 0.717) is 28.7 Å². The summed E-state index contributed by atoms with van der Waals surface area (Å²) >= 11 is 5.90. The van der Waals surface area contributed by atoms with Gasteiger partial charge in [-0.25, -0.2) is 0 Å². The van der Waals surface area contributed by atoms with E-state index >= 15 is 0 Å². The second-order valence-corrected chi connectivity index (χ2v) is 6.57. The van der Waals surface area contributed by atoms with Crippen molar-refractivity contribution in [3.8, 4) is 0 Å². The fourth-order valence-electron chi connectivity index (χ4n) is 2.21. The van der Waals surface area contributed by atoms with E-state index in [1.165, 1.54) is 0 Å². The van der Waals surface area contributed by atoms with Crippen molar-refractivity contribution in [2.75, 3.05) is 22.5 Å². The molecule has 2 aromatic rings. The molecule has 0 saturated carbocycles. The molecule has 2 amide bonds. The highest BCUT2D eigenvalue weighted by Gasteiger charge is 2.06. The van der Waals surface area contributed by atoms with Gasteiger partial charge in [0.2, 0.25) is 11.8 Å². The lowest BCUT2D eigenvalue weighted by molar-refractivity contribution is -0.117. The first-order valence-corrected chi connectivity index (χ1v) is 8.49. The number of hydrogen-bond donors (Lipinski definition) is 3. The molecule has 0 aliphatic rings. The average molecular weight is 360 g/mol. The molecule has 2 aromatic carbocycles. The molecule has 0 fully saturated rings. The van der Waals surface area contributed by atoms with Crippen molar-refractivity contribution in [3.63, 3.8) is 0 Å². The molecule has 2 rings (SSSR count). The van der Waals surface area contributed by atoms with Crippen LogP contribution in [0.5, 0.6) is 0 Å². The maximum atomic E-state index is 12.0. The van der Waals surface area contributed by atoms with Crippen molar-refractivity contribution in [1.29, 1.82) is 0 Å². The van der Waals surface area contributed by atoms with Crippen molar-refractivity contribution in [2.24, 2.45) is 5.92 Å². The Labute approximate surface area is 152 Å². The second kappa shape index (κ2) is 9.08. The van der Waals surface area contributed by atoms with Gasteiger partial charge in [0, 0.05) is 28.5 Å². The molecule has 6 heteroatoms. The van der Waals surface area contributed by atoms with E-state index in [4.69, 9.17) is 11.6 Å². The Morgan fingerprint density at radius 1 is 0.920 bits per heavy atom. The normalized spacial score (nSPS) is 10.4. The Balaban J connectivity index is 1.82. The number of halogens is 1. The van der Waals surface area contributed by atoms with Crippen molar-refractivity contribution >= 4 is 40.5 Å². The van der Waals surface area contributed by atoms with E-state index in [0.717, 1.165) is 5.69 Å². The summed E-state index contributed by atoms with van der Waals surface area (Å²) in [6.45, 7) is 4.12. The van der Waals surface area contributed by atoms with Crippen molar-refractivity contribution in [1.82, 2.24) is 0 Å². The van der Waals surface area contributed by atoms with E-state index in [1.54, 1.807) is 36.4 Å². The first-order chi connectivity index (χ1) is 11.9. The number of nitrogens with one attached hydrogen (secondary N) is 3. The molecule has 3 N–H and O–H groups in total. The molecule has 0 aliphatic carbocycles. The third kappa shape index (κ3) is 6.85. The summed E-state index contributed by atoms with van der Waals surface area (Å²) in [7, 11) is 0. The molecule has 5 nitrogen and oxygen atoms in total. The zero-order valence-electron chi connectivity index (χ0n) is 14.3. The third-order valence-electron chi connectivity index (χ3n) is 3.32. The minimum absolute atomic E-state index is 0.0162. The quantitative estimate of drug-likeness (QED) is 0.687. The Hall–Kier alpha value is -2.53. The Kier molecular flexibility index (Phi) is 6.83. The summed E-state index contributed by atoms with van der Waals surface area (Å²) in [6, 6.07) is 14.2. The Bertz CT molecular complexity index is 730.